The Bertz CT molecular complexity index is 441. The molecule has 4 heteroatoms. The summed E-state index contributed by atoms with van der Waals surface area (Å²) in [5.41, 5.74) is 5.38. The first-order valence-electron chi connectivity index (χ1n) is 4.47. The van der Waals surface area contributed by atoms with Gasteiger partial charge in [-0.15, -0.1) is 0 Å². The number of anilines is 1. The van der Waals surface area contributed by atoms with Crippen molar-refractivity contribution in [1.82, 2.24) is 0 Å². The van der Waals surface area contributed by atoms with E-state index < -0.39 is 11.2 Å². The van der Waals surface area contributed by atoms with E-state index in [1.165, 1.54) is 6.07 Å². The van der Waals surface area contributed by atoms with E-state index in [9.17, 15) is 4.39 Å². The maximum absolute atomic E-state index is 13.8. The van der Waals surface area contributed by atoms with Crippen molar-refractivity contribution in [3.05, 3.63) is 28.0 Å². The highest BCUT2D eigenvalue weighted by Gasteiger charge is 2.26. The number of hydrogen-bond acceptors (Lipinski definition) is 2. The van der Waals surface area contributed by atoms with Gasteiger partial charge < -0.3 is 5.73 Å². The van der Waals surface area contributed by atoms with Gasteiger partial charge in [0.05, 0.1) is 16.3 Å². The van der Waals surface area contributed by atoms with Crippen LogP contribution in [0.25, 0.3) is 0 Å². The van der Waals surface area contributed by atoms with Crippen LogP contribution in [0.15, 0.2) is 6.07 Å². The highest BCUT2D eigenvalue weighted by molar-refractivity contribution is 6.32. The van der Waals surface area contributed by atoms with Crippen molar-refractivity contribution in [1.29, 1.82) is 5.26 Å². The lowest BCUT2D eigenvalue weighted by Gasteiger charge is -2.22. The summed E-state index contributed by atoms with van der Waals surface area (Å²) in [7, 11) is 0. The zero-order chi connectivity index (χ0) is 11.8. The third-order valence-corrected chi connectivity index (χ3v) is 2.40. The molecular weight excluding hydrogens is 215 g/mol. The van der Waals surface area contributed by atoms with E-state index in [4.69, 9.17) is 22.6 Å². The number of nitrogens with two attached hydrogens (primary N) is 1. The Kier molecular flexibility index (Phi) is 2.92. The highest BCUT2D eigenvalue weighted by Crippen LogP contribution is 2.35. The molecule has 1 rings (SSSR count). The van der Waals surface area contributed by atoms with Crippen LogP contribution >= 0.6 is 11.6 Å². The highest BCUT2D eigenvalue weighted by atomic mass is 35.5. The summed E-state index contributed by atoms with van der Waals surface area (Å²) in [6.45, 7) is 5.42. The van der Waals surface area contributed by atoms with Gasteiger partial charge in [-0.3, -0.25) is 0 Å². The van der Waals surface area contributed by atoms with Gasteiger partial charge in [0.15, 0.2) is 5.82 Å². The van der Waals surface area contributed by atoms with E-state index in [1.54, 1.807) is 0 Å². The molecule has 15 heavy (non-hydrogen) atoms. The van der Waals surface area contributed by atoms with Crippen LogP contribution < -0.4 is 5.73 Å². The van der Waals surface area contributed by atoms with Crippen molar-refractivity contribution in [2.24, 2.45) is 0 Å². The van der Waals surface area contributed by atoms with Gasteiger partial charge in [0.1, 0.15) is 6.07 Å². The molecule has 2 nitrogen and oxygen atoms in total. The summed E-state index contributed by atoms with van der Waals surface area (Å²) >= 11 is 5.84. The molecular formula is C11H12ClFN2. The number of nitrogens with zero attached hydrogens (tertiary/aromatic N) is 1. The normalized spacial score (nSPS) is 11.2. The number of nitrogen functional groups attached to an aromatic ring is 1. The summed E-state index contributed by atoms with van der Waals surface area (Å²) in [4.78, 5) is 0. The molecule has 0 aromatic heterocycles. The van der Waals surface area contributed by atoms with Gasteiger partial charge >= 0.3 is 0 Å². The Morgan fingerprint density at radius 3 is 2.40 bits per heavy atom. The smallest absolute Gasteiger partial charge is 0.151 e. The lowest BCUT2D eigenvalue weighted by atomic mass is 9.83. The first-order valence-corrected chi connectivity index (χ1v) is 4.85. The Morgan fingerprint density at radius 2 is 2.00 bits per heavy atom. The lowest BCUT2D eigenvalue weighted by molar-refractivity contribution is 0.524. The fourth-order valence-corrected chi connectivity index (χ4v) is 1.71. The Hall–Kier alpha value is -1.27. The minimum atomic E-state index is -0.552. The number of benzene rings is 1. The maximum atomic E-state index is 13.8. The van der Waals surface area contributed by atoms with E-state index in [-0.39, 0.29) is 21.8 Å². The molecule has 0 radical (unpaired) electrons. The molecule has 0 aliphatic rings. The van der Waals surface area contributed by atoms with Crippen LogP contribution in [-0.2, 0) is 5.41 Å². The van der Waals surface area contributed by atoms with Gasteiger partial charge in [-0.25, -0.2) is 4.39 Å². The van der Waals surface area contributed by atoms with Crippen LogP contribution in [0.1, 0.15) is 31.9 Å². The molecule has 2 N–H and O–H groups in total. The molecule has 0 amide bonds. The zero-order valence-electron chi connectivity index (χ0n) is 8.86. The molecule has 1 aromatic carbocycles. The van der Waals surface area contributed by atoms with Gasteiger partial charge in [0.2, 0.25) is 0 Å². The molecule has 0 aliphatic carbocycles. The fraction of sp³-hybridized carbons (Fsp3) is 0.364. The largest absolute Gasteiger partial charge is 0.396 e. The summed E-state index contributed by atoms with van der Waals surface area (Å²) in [5.74, 6) is -0.552. The number of nitriles is 1. The molecule has 0 spiro atoms. The summed E-state index contributed by atoms with van der Waals surface area (Å²) < 4.78 is 13.8. The minimum Gasteiger partial charge on any atom is -0.396 e. The van der Waals surface area contributed by atoms with Crippen LogP contribution in [0.4, 0.5) is 10.1 Å². The maximum Gasteiger partial charge on any atom is 0.151 e. The Balaban J connectivity index is 3.68. The van der Waals surface area contributed by atoms with Gasteiger partial charge in [-0.1, -0.05) is 32.4 Å². The molecule has 0 atom stereocenters. The van der Waals surface area contributed by atoms with Crippen LogP contribution in [-0.4, -0.2) is 0 Å². The van der Waals surface area contributed by atoms with Gasteiger partial charge in [0, 0.05) is 5.56 Å². The quantitative estimate of drug-likeness (QED) is 0.691. The molecule has 0 saturated heterocycles. The topological polar surface area (TPSA) is 49.8 Å². The molecule has 0 unspecified atom stereocenters. The molecule has 80 valence electrons. The van der Waals surface area contributed by atoms with E-state index in [1.807, 2.05) is 26.8 Å². The zero-order valence-corrected chi connectivity index (χ0v) is 9.61. The molecule has 0 aliphatic heterocycles. The minimum absolute atomic E-state index is 0.0241. The van der Waals surface area contributed by atoms with Crippen molar-refractivity contribution >= 4 is 17.3 Å². The molecule has 1 aromatic rings. The van der Waals surface area contributed by atoms with E-state index in [2.05, 4.69) is 0 Å². The molecule has 0 saturated carbocycles. The Morgan fingerprint density at radius 1 is 1.47 bits per heavy atom. The predicted octanol–water partition coefficient (Wildman–Crippen LogP) is 3.23. The molecule has 0 fully saturated rings. The standard InChI is InChI=1S/C11H12ClFN2/c1-11(2,3)9-6(5-14)7(12)4-8(15)10(9)13/h4H,15H2,1-3H3. The lowest BCUT2D eigenvalue weighted by Crippen LogP contribution is -2.17. The van der Waals surface area contributed by atoms with E-state index in [0.717, 1.165) is 0 Å². The second-order valence-corrected chi connectivity index (χ2v) is 4.78. The Labute approximate surface area is 93.5 Å². The van der Waals surface area contributed by atoms with Gasteiger partial charge in [-0.2, -0.15) is 5.26 Å². The van der Waals surface area contributed by atoms with E-state index in [0.29, 0.717) is 0 Å². The van der Waals surface area contributed by atoms with Crippen LogP contribution in [0.2, 0.25) is 5.02 Å². The average molecular weight is 227 g/mol. The predicted molar refractivity (Wildman–Crippen MR) is 59.2 cm³/mol. The van der Waals surface area contributed by atoms with Gasteiger partial charge in [0.25, 0.3) is 0 Å². The van der Waals surface area contributed by atoms with Crippen molar-refractivity contribution < 1.29 is 4.39 Å². The molecule has 0 heterocycles. The average Bonchev–Trinajstić information content (AvgIpc) is 2.08. The van der Waals surface area contributed by atoms with E-state index >= 15 is 0 Å². The first kappa shape index (κ1) is 11.8. The summed E-state index contributed by atoms with van der Waals surface area (Å²) in [6.07, 6.45) is 0. The van der Waals surface area contributed by atoms with Crippen LogP contribution in [0.3, 0.4) is 0 Å². The monoisotopic (exact) mass is 226 g/mol. The second-order valence-electron chi connectivity index (χ2n) is 4.37. The second kappa shape index (κ2) is 3.71. The van der Waals surface area contributed by atoms with Crippen molar-refractivity contribution in [2.75, 3.05) is 5.73 Å². The van der Waals surface area contributed by atoms with Crippen molar-refractivity contribution in [2.45, 2.75) is 26.2 Å². The summed E-state index contributed by atoms with van der Waals surface area (Å²) in [5, 5.41) is 9.13. The van der Waals surface area contributed by atoms with Crippen molar-refractivity contribution in [3.63, 3.8) is 0 Å². The summed E-state index contributed by atoms with van der Waals surface area (Å²) in [6, 6.07) is 3.18. The number of halogens is 2. The number of rotatable bonds is 0. The van der Waals surface area contributed by atoms with Crippen molar-refractivity contribution in [3.8, 4) is 6.07 Å². The molecule has 0 bridgehead atoms. The fourth-order valence-electron chi connectivity index (χ4n) is 1.46. The van der Waals surface area contributed by atoms with Gasteiger partial charge in [-0.05, 0) is 11.5 Å². The van der Waals surface area contributed by atoms with Crippen LogP contribution in [0.5, 0.6) is 0 Å². The third kappa shape index (κ3) is 2.05. The number of hydrogen-bond donors (Lipinski definition) is 1. The first-order chi connectivity index (χ1) is 6.79. The third-order valence-electron chi connectivity index (χ3n) is 2.11. The van der Waals surface area contributed by atoms with Crippen LogP contribution in [0, 0.1) is 17.1 Å². The SMILES string of the molecule is CC(C)(C)c1c(F)c(N)cc(Cl)c1C#N.